The summed E-state index contributed by atoms with van der Waals surface area (Å²) < 4.78 is 63.3. The van der Waals surface area contributed by atoms with Gasteiger partial charge < -0.3 is 0 Å². The van der Waals surface area contributed by atoms with E-state index >= 15 is 0 Å². The Morgan fingerprint density at radius 1 is 0.958 bits per heavy atom. The summed E-state index contributed by atoms with van der Waals surface area (Å²) in [6.45, 7) is 1.83. The Morgan fingerprint density at radius 2 is 1.58 bits per heavy atom. The summed E-state index contributed by atoms with van der Waals surface area (Å²) in [6, 6.07) is 10.9. The van der Waals surface area contributed by atoms with Crippen LogP contribution in [0.25, 0.3) is 0 Å². The fourth-order valence-corrected chi connectivity index (χ4v) is 4.45. The molecule has 2 aromatic carbocycles. The minimum absolute atomic E-state index is 0.000302. The highest BCUT2D eigenvalue weighted by molar-refractivity contribution is 7.91. The van der Waals surface area contributed by atoms with Crippen LogP contribution in [-0.4, -0.2) is 33.9 Å². The molecular formula is C16H18FNO4S2. The highest BCUT2D eigenvalue weighted by Crippen LogP contribution is 2.21. The largest absolute Gasteiger partial charge is 0.243 e. The molecule has 0 saturated carbocycles. The average molecular weight is 371 g/mol. The highest BCUT2D eigenvalue weighted by Gasteiger charge is 2.24. The first-order valence-corrected chi connectivity index (χ1v) is 10.5. The molecule has 0 radical (unpaired) electrons. The van der Waals surface area contributed by atoms with Crippen LogP contribution in [0.15, 0.2) is 58.3 Å². The van der Waals surface area contributed by atoms with Crippen molar-refractivity contribution in [2.24, 2.45) is 0 Å². The molecule has 0 aliphatic rings. The van der Waals surface area contributed by atoms with Crippen molar-refractivity contribution >= 4 is 19.9 Å². The number of nitrogens with zero attached hydrogens (tertiary/aromatic N) is 1. The molecule has 0 N–H and O–H groups in total. The van der Waals surface area contributed by atoms with Crippen LogP contribution in [0.4, 0.5) is 4.39 Å². The van der Waals surface area contributed by atoms with Crippen LogP contribution in [-0.2, 0) is 26.4 Å². The molecule has 0 atom stereocenters. The second kappa shape index (κ2) is 7.00. The molecule has 0 amide bonds. The van der Waals surface area contributed by atoms with E-state index in [1.165, 1.54) is 40.7 Å². The van der Waals surface area contributed by atoms with Crippen LogP contribution in [0.1, 0.15) is 12.5 Å². The first-order chi connectivity index (χ1) is 11.1. The van der Waals surface area contributed by atoms with E-state index in [0.717, 1.165) is 12.3 Å². The van der Waals surface area contributed by atoms with Gasteiger partial charge in [0, 0.05) is 19.3 Å². The van der Waals surface area contributed by atoms with Gasteiger partial charge in [0.2, 0.25) is 10.0 Å². The minimum atomic E-state index is -3.90. The van der Waals surface area contributed by atoms with E-state index in [0.29, 0.717) is 5.56 Å². The van der Waals surface area contributed by atoms with E-state index in [2.05, 4.69) is 0 Å². The number of sulfone groups is 1. The van der Waals surface area contributed by atoms with Gasteiger partial charge in [0.25, 0.3) is 0 Å². The molecule has 0 saturated heterocycles. The van der Waals surface area contributed by atoms with Crippen molar-refractivity contribution < 1.29 is 21.2 Å². The number of benzene rings is 2. The molecule has 0 aromatic heterocycles. The van der Waals surface area contributed by atoms with Crippen molar-refractivity contribution in [2.75, 3.05) is 12.8 Å². The van der Waals surface area contributed by atoms with Gasteiger partial charge in [0.05, 0.1) is 9.79 Å². The molecule has 24 heavy (non-hydrogen) atoms. The Bertz CT molecular complexity index is 940. The second-order valence-electron chi connectivity index (χ2n) is 5.31. The molecule has 0 aliphatic carbocycles. The highest BCUT2D eigenvalue weighted by atomic mass is 32.2. The summed E-state index contributed by atoms with van der Waals surface area (Å²) in [5, 5.41) is 0. The Hall–Kier alpha value is -1.77. The molecule has 8 heteroatoms. The lowest BCUT2D eigenvalue weighted by Gasteiger charge is -2.21. The molecule has 0 unspecified atom stereocenters. The van der Waals surface area contributed by atoms with Gasteiger partial charge in [-0.25, -0.2) is 21.2 Å². The fraction of sp³-hybridized carbons (Fsp3) is 0.250. The van der Waals surface area contributed by atoms with Crippen molar-refractivity contribution in [3.05, 3.63) is 59.9 Å². The zero-order chi connectivity index (χ0) is 18.0. The van der Waals surface area contributed by atoms with Crippen LogP contribution in [0.3, 0.4) is 0 Å². The summed E-state index contributed by atoms with van der Waals surface area (Å²) >= 11 is 0. The van der Waals surface area contributed by atoms with Crippen LogP contribution >= 0.6 is 0 Å². The van der Waals surface area contributed by atoms with Crippen molar-refractivity contribution in [3.63, 3.8) is 0 Å². The molecule has 0 spiro atoms. The van der Waals surface area contributed by atoms with Gasteiger partial charge in [-0.2, -0.15) is 4.31 Å². The number of rotatable bonds is 6. The number of halogens is 1. The van der Waals surface area contributed by atoms with Gasteiger partial charge >= 0.3 is 0 Å². The molecule has 0 heterocycles. The van der Waals surface area contributed by atoms with E-state index in [1.807, 2.05) is 0 Å². The normalized spacial score (nSPS) is 12.5. The third-order valence-electron chi connectivity index (χ3n) is 3.47. The van der Waals surface area contributed by atoms with Crippen molar-refractivity contribution in [3.8, 4) is 0 Å². The van der Waals surface area contributed by atoms with Gasteiger partial charge in [0.15, 0.2) is 9.84 Å². The summed E-state index contributed by atoms with van der Waals surface area (Å²) in [7, 11) is -7.41. The van der Waals surface area contributed by atoms with Crippen LogP contribution in [0, 0.1) is 5.82 Å². The Balaban J connectivity index is 2.40. The summed E-state index contributed by atoms with van der Waals surface area (Å²) in [5.41, 5.74) is 0.514. The van der Waals surface area contributed by atoms with Crippen LogP contribution in [0.2, 0.25) is 0 Å². The van der Waals surface area contributed by atoms with Crippen LogP contribution in [0.5, 0.6) is 0 Å². The predicted octanol–water partition coefficient (Wildman–Crippen LogP) is 2.44. The van der Waals surface area contributed by atoms with E-state index < -0.39 is 25.7 Å². The summed E-state index contributed by atoms with van der Waals surface area (Å²) in [4.78, 5) is -0.172. The molecule has 2 aromatic rings. The monoisotopic (exact) mass is 371 g/mol. The minimum Gasteiger partial charge on any atom is -0.224 e. The van der Waals surface area contributed by atoms with E-state index in [1.54, 1.807) is 13.0 Å². The zero-order valence-corrected chi connectivity index (χ0v) is 14.9. The Morgan fingerprint density at radius 3 is 2.17 bits per heavy atom. The molecule has 130 valence electrons. The summed E-state index contributed by atoms with van der Waals surface area (Å²) in [6.07, 6.45) is 1.02. The molecule has 0 fully saturated rings. The lowest BCUT2D eigenvalue weighted by atomic mass is 10.2. The maximum absolute atomic E-state index is 13.3. The number of hydrogen-bond donors (Lipinski definition) is 0. The molecular weight excluding hydrogens is 353 g/mol. The first-order valence-electron chi connectivity index (χ1n) is 7.19. The molecule has 5 nitrogen and oxygen atoms in total. The smallest absolute Gasteiger partial charge is 0.224 e. The van der Waals surface area contributed by atoms with E-state index in [4.69, 9.17) is 0 Å². The third-order valence-corrected chi connectivity index (χ3v) is 6.50. The second-order valence-corrected chi connectivity index (χ2v) is 9.26. The maximum Gasteiger partial charge on any atom is 0.243 e. The average Bonchev–Trinajstić information content (AvgIpc) is 2.52. The Kier molecular flexibility index (Phi) is 5.42. The third kappa shape index (κ3) is 4.19. The quantitative estimate of drug-likeness (QED) is 0.782. The van der Waals surface area contributed by atoms with Gasteiger partial charge in [0.1, 0.15) is 5.82 Å². The van der Waals surface area contributed by atoms with E-state index in [-0.39, 0.29) is 22.9 Å². The lowest BCUT2D eigenvalue weighted by molar-refractivity contribution is 0.422. The maximum atomic E-state index is 13.3. The molecule has 0 bridgehead atoms. The van der Waals surface area contributed by atoms with Gasteiger partial charge in [-0.05, 0) is 35.9 Å². The van der Waals surface area contributed by atoms with Crippen molar-refractivity contribution in [1.82, 2.24) is 4.31 Å². The van der Waals surface area contributed by atoms with E-state index in [9.17, 15) is 21.2 Å². The molecule has 2 rings (SSSR count). The summed E-state index contributed by atoms with van der Waals surface area (Å²) in [5.74, 6) is -0.444. The van der Waals surface area contributed by atoms with Gasteiger partial charge in [-0.15, -0.1) is 0 Å². The predicted molar refractivity (Wildman–Crippen MR) is 89.2 cm³/mol. The fourth-order valence-electron chi connectivity index (χ4n) is 2.22. The zero-order valence-electron chi connectivity index (χ0n) is 13.3. The van der Waals surface area contributed by atoms with Crippen molar-refractivity contribution in [2.45, 2.75) is 23.3 Å². The first kappa shape index (κ1) is 18.6. The van der Waals surface area contributed by atoms with Gasteiger partial charge in [-0.3, -0.25) is 0 Å². The van der Waals surface area contributed by atoms with Crippen molar-refractivity contribution in [1.29, 1.82) is 0 Å². The van der Waals surface area contributed by atoms with Gasteiger partial charge in [-0.1, -0.05) is 25.1 Å². The molecule has 0 aliphatic heterocycles. The number of sulfonamides is 1. The SMILES string of the molecule is CCN(Cc1cccc(F)c1)S(=O)(=O)c1cccc(S(C)(=O)=O)c1. The topological polar surface area (TPSA) is 71.5 Å². The lowest BCUT2D eigenvalue weighted by Crippen LogP contribution is -2.30. The Labute approximate surface area is 141 Å². The number of hydrogen-bond acceptors (Lipinski definition) is 4. The standard InChI is InChI=1S/C16H18FNO4S2/c1-3-18(12-13-6-4-7-14(17)10-13)24(21,22)16-9-5-8-15(11-16)23(2,19)20/h4-11H,3,12H2,1-2H3. The van der Waals surface area contributed by atoms with Crippen LogP contribution < -0.4 is 0 Å².